The second kappa shape index (κ2) is 7.82. The van der Waals surface area contributed by atoms with Crippen molar-refractivity contribution >= 4 is 16.9 Å². The van der Waals surface area contributed by atoms with Crippen molar-refractivity contribution in [3.05, 3.63) is 59.9 Å². The van der Waals surface area contributed by atoms with Gasteiger partial charge in [-0.3, -0.25) is 4.79 Å². The van der Waals surface area contributed by atoms with Gasteiger partial charge in [0.1, 0.15) is 11.6 Å². The quantitative estimate of drug-likeness (QED) is 0.748. The number of aryl methyl sites for hydroxylation is 1. The number of nitrogens with zero attached hydrogens (tertiary/aromatic N) is 2. The maximum absolute atomic E-state index is 12.6. The van der Waals surface area contributed by atoms with E-state index in [-0.39, 0.29) is 5.91 Å². The lowest BCUT2D eigenvalue weighted by Gasteiger charge is -2.31. The number of para-hydroxylation sites is 3. The summed E-state index contributed by atoms with van der Waals surface area (Å²) in [5, 5.41) is 0. The molecule has 1 aromatic heterocycles. The van der Waals surface area contributed by atoms with Gasteiger partial charge < -0.3 is 14.6 Å². The minimum atomic E-state index is 0.226. The molecular weight excluding hydrogens is 338 g/mol. The molecule has 3 aromatic rings. The van der Waals surface area contributed by atoms with Crippen LogP contribution in [-0.2, 0) is 11.2 Å². The minimum absolute atomic E-state index is 0.226. The predicted octanol–water partition coefficient (Wildman–Crippen LogP) is 3.91. The van der Waals surface area contributed by atoms with E-state index in [1.165, 1.54) is 0 Å². The lowest BCUT2D eigenvalue weighted by Crippen LogP contribution is -2.38. The standard InChI is InChI=1S/C22H25N3O2/c1-27-20-9-5-2-6-16(20)10-11-21(26)25-14-12-17(13-15-25)22-23-18-7-3-4-8-19(18)24-22/h2-9,17H,10-15H2,1H3,(H,23,24). The Morgan fingerprint density at radius 2 is 1.89 bits per heavy atom. The molecule has 1 aliphatic rings. The summed E-state index contributed by atoms with van der Waals surface area (Å²) in [6, 6.07) is 16.0. The molecular formula is C22H25N3O2. The number of ether oxygens (including phenoxy) is 1. The molecule has 0 unspecified atom stereocenters. The van der Waals surface area contributed by atoms with Crippen molar-refractivity contribution in [2.75, 3.05) is 20.2 Å². The van der Waals surface area contributed by atoms with E-state index in [2.05, 4.69) is 11.1 Å². The molecule has 1 amide bonds. The Morgan fingerprint density at radius 1 is 1.15 bits per heavy atom. The number of piperidine rings is 1. The van der Waals surface area contributed by atoms with Crippen LogP contribution in [0.2, 0.25) is 0 Å². The van der Waals surface area contributed by atoms with Crippen molar-refractivity contribution < 1.29 is 9.53 Å². The third-order valence-electron chi connectivity index (χ3n) is 5.44. The van der Waals surface area contributed by atoms with Crippen LogP contribution in [0.1, 0.15) is 36.6 Å². The molecule has 4 rings (SSSR count). The number of hydrogen-bond donors (Lipinski definition) is 1. The Balaban J connectivity index is 1.32. The maximum atomic E-state index is 12.6. The summed E-state index contributed by atoms with van der Waals surface area (Å²) in [4.78, 5) is 22.8. The van der Waals surface area contributed by atoms with Gasteiger partial charge >= 0.3 is 0 Å². The van der Waals surface area contributed by atoms with Crippen molar-refractivity contribution in [2.45, 2.75) is 31.6 Å². The summed E-state index contributed by atoms with van der Waals surface area (Å²) >= 11 is 0. The highest BCUT2D eigenvalue weighted by Crippen LogP contribution is 2.28. The average Bonchev–Trinajstić information content (AvgIpc) is 3.16. The first-order chi connectivity index (χ1) is 13.2. The summed E-state index contributed by atoms with van der Waals surface area (Å²) in [6.45, 7) is 1.60. The number of imidazole rings is 1. The van der Waals surface area contributed by atoms with Crippen molar-refractivity contribution in [3.8, 4) is 5.75 Å². The van der Waals surface area contributed by atoms with Crippen LogP contribution < -0.4 is 4.74 Å². The second-order valence-electron chi connectivity index (χ2n) is 7.11. The van der Waals surface area contributed by atoms with E-state index in [0.29, 0.717) is 18.8 Å². The average molecular weight is 363 g/mol. The molecule has 0 spiro atoms. The van der Waals surface area contributed by atoms with Gasteiger partial charge in [-0.25, -0.2) is 4.98 Å². The maximum Gasteiger partial charge on any atom is 0.222 e. The minimum Gasteiger partial charge on any atom is -0.496 e. The van der Waals surface area contributed by atoms with Gasteiger partial charge in [-0.15, -0.1) is 0 Å². The van der Waals surface area contributed by atoms with E-state index in [1.807, 2.05) is 47.4 Å². The Hall–Kier alpha value is -2.82. The number of fused-ring (bicyclic) bond motifs is 1. The van der Waals surface area contributed by atoms with E-state index in [9.17, 15) is 4.79 Å². The van der Waals surface area contributed by atoms with E-state index in [1.54, 1.807) is 7.11 Å². The Kier molecular flexibility index (Phi) is 5.10. The number of H-pyrrole nitrogens is 1. The summed E-state index contributed by atoms with van der Waals surface area (Å²) in [6.07, 6.45) is 3.16. The van der Waals surface area contributed by atoms with Crippen molar-refractivity contribution in [1.29, 1.82) is 0 Å². The van der Waals surface area contributed by atoms with Crippen molar-refractivity contribution in [3.63, 3.8) is 0 Å². The second-order valence-corrected chi connectivity index (χ2v) is 7.11. The highest BCUT2D eigenvalue weighted by molar-refractivity contribution is 5.77. The van der Waals surface area contributed by atoms with E-state index in [0.717, 1.165) is 54.1 Å². The number of amides is 1. The molecule has 2 heterocycles. The van der Waals surface area contributed by atoms with Crippen LogP contribution in [0.5, 0.6) is 5.75 Å². The number of aromatic nitrogens is 2. The lowest BCUT2D eigenvalue weighted by molar-refractivity contribution is -0.132. The molecule has 140 valence electrons. The highest BCUT2D eigenvalue weighted by Gasteiger charge is 2.25. The topological polar surface area (TPSA) is 58.2 Å². The Bertz CT molecular complexity index is 893. The van der Waals surface area contributed by atoms with E-state index >= 15 is 0 Å². The lowest BCUT2D eigenvalue weighted by atomic mass is 9.95. The number of carbonyl (C=O) groups is 1. The van der Waals surface area contributed by atoms with Crippen LogP contribution in [0.3, 0.4) is 0 Å². The fraction of sp³-hybridized carbons (Fsp3) is 0.364. The molecule has 0 radical (unpaired) electrons. The zero-order valence-electron chi connectivity index (χ0n) is 15.6. The SMILES string of the molecule is COc1ccccc1CCC(=O)N1CCC(c2nc3ccccc3[nH]2)CC1. The van der Waals surface area contributed by atoms with Gasteiger partial charge in [0.2, 0.25) is 5.91 Å². The Morgan fingerprint density at radius 3 is 2.67 bits per heavy atom. The van der Waals surface area contributed by atoms with Gasteiger partial charge in [0, 0.05) is 25.4 Å². The third-order valence-corrected chi connectivity index (χ3v) is 5.44. The van der Waals surface area contributed by atoms with Crippen LogP contribution in [0.4, 0.5) is 0 Å². The van der Waals surface area contributed by atoms with Crippen LogP contribution >= 0.6 is 0 Å². The summed E-state index contributed by atoms with van der Waals surface area (Å²) in [5.74, 6) is 2.53. The number of likely N-dealkylation sites (tertiary alicyclic amines) is 1. The van der Waals surface area contributed by atoms with Crippen molar-refractivity contribution in [2.24, 2.45) is 0 Å². The van der Waals surface area contributed by atoms with Gasteiger partial charge in [-0.05, 0) is 43.0 Å². The monoisotopic (exact) mass is 363 g/mol. The zero-order chi connectivity index (χ0) is 18.6. The molecule has 0 aliphatic carbocycles. The first-order valence-corrected chi connectivity index (χ1v) is 9.59. The fourth-order valence-corrected chi connectivity index (χ4v) is 3.88. The molecule has 1 aliphatic heterocycles. The van der Waals surface area contributed by atoms with Gasteiger partial charge in [0.15, 0.2) is 0 Å². The smallest absolute Gasteiger partial charge is 0.222 e. The molecule has 5 nitrogen and oxygen atoms in total. The predicted molar refractivity (Wildman–Crippen MR) is 106 cm³/mol. The normalized spacial score (nSPS) is 15.2. The molecule has 27 heavy (non-hydrogen) atoms. The molecule has 2 aromatic carbocycles. The van der Waals surface area contributed by atoms with Gasteiger partial charge in [-0.1, -0.05) is 30.3 Å². The summed E-state index contributed by atoms with van der Waals surface area (Å²) in [7, 11) is 1.67. The molecule has 0 saturated carbocycles. The Labute approximate surface area is 159 Å². The number of benzene rings is 2. The summed E-state index contributed by atoms with van der Waals surface area (Å²) in [5.41, 5.74) is 3.19. The first kappa shape index (κ1) is 17.6. The highest BCUT2D eigenvalue weighted by atomic mass is 16.5. The van der Waals surface area contributed by atoms with Crippen LogP contribution in [0.25, 0.3) is 11.0 Å². The van der Waals surface area contributed by atoms with E-state index in [4.69, 9.17) is 9.72 Å². The van der Waals surface area contributed by atoms with E-state index < -0.39 is 0 Å². The molecule has 0 atom stereocenters. The summed E-state index contributed by atoms with van der Waals surface area (Å²) < 4.78 is 5.38. The van der Waals surface area contributed by atoms with Gasteiger partial charge in [0.05, 0.1) is 18.1 Å². The van der Waals surface area contributed by atoms with Gasteiger partial charge in [-0.2, -0.15) is 0 Å². The zero-order valence-corrected chi connectivity index (χ0v) is 15.6. The van der Waals surface area contributed by atoms with Crippen LogP contribution in [0, 0.1) is 0 Å². The fourth-order valence-electron chi connectivity index (χ4n) is 3.88. The van der Waals surface area contributed by atoms with Crippen LogP contribution in [0.15, 0.2) is 48.5 Å². The van der Waals surface area contributed by atoms with Crippen molar-refractivity contribution in [1.82, 2.24) is 14.9 Å². The van der Waals surface area contributed by atoms with Crippen LogP contribution in [-0.4, -0.2) is 41.0 Å². The molecule has 0 bridgehead atoms. The molecule has 1 N–H and O–H groups in total. The number of rotatable bonds is 5. The first-order valence-electron chi connectivity index (χ1n) is 9.59. The molecule has 1 saturated heterocycles. The number of aromatic amines is 1. The third kappa shape index (κ3) is 3.82. The molecule has 1 fully saturated rings. The largest absolute Gasteiger partial charge is 0.496 e. The van der Waals surface area contributed by atoms with Gasteiger partial charge in [0.25, 0.3) is 0 Å². The number of nitrogens with one attached hydrogen (secondary N) is 1. The number of carbonyl (C=O) groups excluding carboxylic acids is 1. The molecule has 5 heteroatoms. The number of methoxy groups -OCH3 is 1. The number of hydrogen-bond acceptors (Lipinski definition) is 3.